The summed E-state index contributed by atoms with van der Waals surface area (Å²) in [6.45, 7) is 2.58. The lowest BCUT2D eigenvalue weighted by Crippen LogP contribution is -2.07. The van der Waals surface area contributed by atoms with Crippen LogP contribution in [0.1, 0.15) is 11.3 Å². The number of aryl methyl sites for hydroxylation is 2. The summed E-state index contributed by atoms with van der Waals surface area (Å²) in [6.07, 6.45) is 2.61. The van der Waals surface area contributed by atoms with Crippen molar-refractivity contribution in [2.75, 3.05) is 12.3 Å². The maximum Gasteiger partial charge on any atom is 0.142 e. The average molecular weight is 231 g/mol. The number of hydrogen-bond acceptors (Lipinski definition) is 3. The van der Waals surface area contributed by atoms with Crippen LogP contribution < -0.4 is 10.5 Å². The summed E-state index contributed by atoms with van der Waals surface area (Å²) in [5, 5.41) is 4.11. The largest absolute Gasteiger partial charge is 0.491 e. The smallest absolute Gasteiger partial charge is 0.142 e. The van der Waals surface area contributed by atoms with E-state index < -0.39 is 0 Å². The zero-order chi connectivity index (χ0) is 12.3. The molecule has 0 aliphatic carbocycles. The minimum absolute atomic E-state index is 0.604. The first-order chi connectivity index (χ1) is 8.18. The highest BCUT2D eigenvalue weighted by molar-refractivity contribution is 5.57. The standard InChI is InChI=1S/C13H17N3O/c1-10-4-3-5-12(13(10)14)17-9-7-11-6-8-15-16(11)2/h3-6,8H,7,9,14H2,1-2H3. The fourth-order valence-electron chi connectivity index (χ4n) is 1.69. The van der Waals surface area contributed by atoms with Gasteiger partial charge in [0.15, 0.2) is 0 Å². The van der Waals surface area contributed by atoms with Gasteiger partial charge in [0, 0.05) is 25.4 Å². The molecule has 1 aromatic carbocycles. The molecule has 2 rings (SSSR count). The van der Waals surface area contributed by atoms with Gasteiger partial charge in [-0.3, -0.25) is 4.68 Å². The van der Waals surface area contributed by atoms with Crippen molar-refractivity contribution in [3.8, 4) is 5.75 Å². The van der Waals surface area contributed by atoms with Gasteiger partial charge in [0.2, 0.25) is 0 Å². The Morgan fingerprint density at radius 2 is 2.18 bits per heavy atom. The number of nitrogens with two attached hydrogens (primary N) is 1. The molecule has 0 spiro atoms. The lowest BCUT2D eigenvalue weighted by molar-refractivity contribution is 0.320. The number of para-hydroxylation sites is 1. The Labute approximate surface area is 101 Å². The summed E-state index contributed by atoms with van der Waals surface area (Å²) in [6, 6.07) is 7.81. The number of nitrogen functional groups attached to an aromatic ring is 1. The van der Waals surface area contributed by atoms with Crippen LogP contribution in [0, 0.1) is 6.92 Å². The molecule has 4 heteroatoms. The highest BCUT2D eigenvalue weighted by Gasteiger charge is 2.03. The van der Waals surface area contributed by atoms with Crippen molar-refractivity contribution in [2.45, 2.75) is 13.3 Å². The highest BCUT2D eigenvalue weighted by atomic mass is 16.5. The molecule has 0 radical (unpaired) electrons. The van der Waals surface area contributed by atoms with E-state index in [1.807, 2.05) is 42.9 Å². The summed E-state index contributed by atoms with van der Waals surface area (Å²) in [5.41, 5.74) is 8.84. The second kappa shape index (κ2) is 4.91. The number of rotatable bonds is 4. The Morgan fingerprint density at radius 3 is 2.88 bits per heavy atom. The van der Waals surface area contributed by atoms with E-state index in [0.29, 0.717) is 6.61 Å². The predicted molar refractivity (Wildman–Crippen MR) is 68.0 cm³/mol. The lowest BCUT2D eigenvalue weighted by atomic mass is 10.2. The molecule has 0 saturated heterocycles. The summed E-state index contributed by atoms with van der Waals surface area (Å²) in [5.74, 6) is 0.757. The molecular formula is C13H17N3O. The molecular weight excluding hydrogens is 214 g/mol. The fraction of sp³-hybridized carbons (Fsp3) is 0.308. The summed E-state index contributed by atoms with van der Waals surface area (Å²) in [4.78, 5) is 0. The monoisotopic (exact) mass is 231 g/mol. The van der Waals surface area contributed by atoms with Crippen LogP contribution in [-0.4, -0.2) is 16.4 Å². The van der Waals surface area contributed by atoms with Crippen molar-refractivity contribution in [1.29, 1.82) is 0 Å². The first kappa shape index (κ1) is 11.5. The molecule has 2 aromatic rings. The number of benzene rings is 1. The summed E-state index contributed by atoms with van der Waals surface area (Å²) < 4.78 is 7.53. The van der Waals surface area contributed by atoms with Crippen LogP contribution in [0.15, 0.2) is 30.5 Å². The third kappa shape index (κ3) is 2.58. The molecule has 2 N–H and O–H groups in total. The van der Waals surface area contributed by atoms with Crippen molar-refractivity contribution >= 4 is 5.69 Å². The van der Waals surface area contributed by atoms with Crippen LogP contribution in [0.3, 0.4) is 0 Å². The first-order valence-electron chi connectivity index (χ1n) is 5.63. The predicted octanol–water partition coefficient (Wildman–Crippen LogP) is 1.93. The molecule has 90 valence electrons. The van der Waals surface area contributed by atoms with Crippen LogP contribution in [0.5, 0.6) is 5.75 Å². The van der Waals surface area contributed by atoms with Gasteiger partial charge >= 0.3 is 0 Å². The normalized spacial score (nSPS) is 10.5. The second-order valence-corrected chi connectivity index (χ2v) is 4.03. The first-order valence-corrected chi connectivity index (χ1v) is 5.63. The quantitative estimate of drug-likeness (QED) is 0.818. The molecule has 0 fully saturated rings. The fourth-order valence-corrected chi connectivity index (χ4v) is 1.69. The second-order valence-electron chi connectivity index (χ2n) is 4.03. The average Bonchev–Trinajstić information content (AvgIpc) is 2.71. The maximum atomic E-state index is 5.93. The molecule has 0 atom stereocenters. The van der Waals surface area contributed by atoms with Crippen molar-refractivity contribution in [2.24, 2.45) is 7.05 Å². The molecule has 4 nitrogen and oxygen atoms in total. The lowest BCUT2D eigenvalue weighted by Gasteiger charge is -2.10. The highest BCUT2D eigenvalue weighted by Crippen LogP contribution is 2.24. The minimum Gasteiger partial charge on any atom is -0.491 e. The molecule has 1 heterocycles. The third-order valence-electron chi connectivity index (χ3n) is 2.82. The van der Waals surface area contributed by atoms with Crippen molar-refractivity contribution in [3.63, 3.8) is 0 Å². The van der Waals surface area contributed by atoms with Gasteiger partial charge in [-0.25, -0.2) is 0 Å². The van der Waals surface area contributed by atoms with Gasteiger partial charge in [0.25, 0.3) is 0 Å². The third-order valence-corrected chi connectivity index (χ3v) is 2.82. The van der Waals surface area contributed by atoms with E-state index in [1.54, 1.807) is 6.20 Å². The number of anilines is 1. The van der Waals surface area contributed by atoms with Crippen LogP contribution >= 0.6 is 0 Å². The summed E-state index contributed by atoms with van der Waals surface area (Å²) in [7, 11) is 1.93. The molecule has 0 saturated carbocycles. The SMILES string of the molecule is Cc1cccc(OCCc2ccnn2C)c1N. The maximum absolute atomic E-state index is 5.93. The Hall–Kier alpha value is -1.97. The van der Waals surface area contributed by atoms with Gasteiger partial charge < -0.3 is 10.5 Å². The molecule has 0 aliphatic rings. The van der Waals surface area contributed by atoms with E-state index in [0.717, 1.165) is 29.1 Å². The van der Waals surface area contributed by atoms with Gasteiger partial charge in [-0.05, 0) is 24.6 Å². The van der Waals surface area contributed by atoms with Gasteiger partial charge in [0.05, 0.1) is 12.3 Å². The molecule has 17 heavy (non-hydrogen) atoms. The van der Waals surface area contributed by atoms with Gasteiger partial charge in [0.1, 0.15) is 5.75 Å². The van der Waals surface area contributed by atoms with E-state index in [-0.39, 0.29) is 0 Å². The summed E-state index contributed by atoms with van der Waals surface area (Å²) >= 11 is 0. The van der Waals surface area contributed by atoms with E-state index in [1.165, 1.54) is 0 Å². The van der Waals surface area contributed by atoms with Crippen molar-refractivity contribution < 1.29 is 4.74 Å². The van der Waals surface area contributed by atoms with Gasteiger partial charge in [-0.15, -0.1) is 0 Å². The molecule has 1 aromatic heterocycles. The van der Waals surface area contributed by atoms with Crippen molar-refractivity contribution in [3.05, 3.63) is 41.7 Å². The van der Waals surface area contributed by atoms with Crippen LogP contribution in [0.4, 0.5) is 5.69 Å². The topological polar surface area (TPSA) is 53.1 Å². The number of hydrogen-bond donors (Lipinski definition) is 1. The van der Waals surface area contributed by atoms with Crippen LogP contribution in [-0.2, 0) is 13.5 Å². The minimum atomic E-state index is 0.604. The van der Waals surface area contributed by atoms with E-state index in [4.69, 9.17) is 10.5 Å². The number of ether oxygens (including phenoxy) is 1. The van der Waals surface area contributed by atoms with Gasteiger partial charge in [-0.2, -0.15) is 5.10 Å². The number of aromatic nitrogens is 2. The van der Waals surface area contributed by atoms with E-state index in [2.05, 4.69) is 5.10 Å². The Kier molecular flexibility index (Phi) is 3.32. The molecule has 0 amide bonds. The molecule has 0 bridgehead atoms. The Bertz CT molecular complexity index is 505. The molecule has 0 unspecified atom stereocenters. The zero-order valence-corrected chi connectivity index (χ0v) is 10.2. The van der Waals surface area contributed by atoms with E-state index >= 15 is 0 Å². The Balaban J connectivity index is 1.95. The van der Waals surface area contributed by atoms with Gasteiger partial charge in [-0.1, -0.05) is 12.1 Å². The number of nitrogens with zero attached hydrogens (tertiary/aromatic N) is 2. The van der Waals surface area contributed by atoms with Crippen molar-refractivity contribution in [1.82, 2.24) is 9.78 Å². The van der Waals surface area contributed by atoms with E-state index in [9.17, 15) is 0 Å². The van der Waals surface area contributed by atoms with Crippen LogP contribution in [0.2, 0.25) is 0 Å². The zero-order valence-electron chi connectivity index (χ0n) is 10.2. The Morgan fingerprint density at radius 1 is 1.35 bits per heavy atom. The van der Waals surface area contributed by atoms with Crippen LogP contribution in [0.25, 0.3) is 0 Å². The molecule has 0 aliphatic heterocycles.